The van der Waals surface area contributed by atoms with E-state index in [2.05, 4.69) is 16.4 Å². The molecule has 1 heterocycles. The van der Waals surface area contributed by atoms with Gasteiger partial charge in [0.25, 0.3) is 5.91 Å². The minimum atomic E-state index is -0.143. The highest BCUT2D eigenvalue weighted by molar-refractivity contribution is 5.93. The van der Waals surface area contributed by atoms with E-state index >= 15 is 0 Å². The molecule has 84 valence electrons. The fraction of sp³-hybridized carbons (Fsp3) is 0.417. The SMILES string of the molecule is Cc1cccnc1C(=O)NCCCCC#N. The molecule has 1 amide bonds. The second-order valence-corrected chi connectivity index (χ2v) is 3.54. The van der Waals surface area contributed by atoms with Gasteiger partial charge in [-0.15, -0.1) is 0 Å². The lowest BCUT2D eigenvalue weighted by Gasteiger charge is -2.05. The molecule has 0 atom stereocenters. The molecule has 0 aliphatic heterocycles. The van der Waals surface area contributed by atoms with Crippen LogP contribution in [0.1, 0.15) is 35.3 Å². The average molecular weight is 217 g/mol. The molecule has 16 heavy (non-hydrogen) atoms. The molecule has 1 aromatic rings. The van der Waals surface area contributed by atoms with Crippen molar-refractivity contribution < 1.29 is 4.79 Å². The monoisotopic (exact) mass is 217 g/mol. The Morgan fingerprint density at radius 2 is 2.38 bits per heavy atom. The van der Waals surface area contributed by atoms with Gasteiger partial charge in [-0.25, -0.2) is 0 Å². The van der Waals surface area contributed by atoms with E-state index in [1.165, 1.54) is 0 Å². The fourth-order valence-electron chi connectivity index (χ4n) is 1.34. The van der Waals surface area contributed by atoms with Crippen LogP contribution in [0.5, 0.6) is 0 Å². The highest BCUT2D eigenvalue weighted by Gasteiger charge is 2.08. The number of nitrogens with one attached hydrogen (secondary N) is 1. The number of carbonyl (C=O) groups is 1. The van der Waals surface area contributed by atoms with Crippen molar-refractivity contribution in [2.24, 2.45) is 0 Å². The first kappa shape index (κ1) is 12.2. The number of aryl methyl sites for hydroxylation is 1. The Kier molecular flexibility index (Phi) is 5.00. The molecule has 0 saturated carbocycles. The van der Waals surface area contributed by atoms with Gasteiger partial charge < -0.3 is 5.32 Å². The van der Waals surface area contributed by atoms with Crippen LogP contribution >= 0.6 is 0 Å². The van der Waals surface area contributed by atoms with E-state index in [-0.39, 0.29) is 5.91 Å². The van der Waals surface area contributed by atoms with Crippen LogP contribution in [-0.2, 0) is 0 Å². The highest BCUT2D eigenvalue weighted by Crippen LogP contribution is 2.02. The van der Waals surface area contributed by atoms with Gasteiger partial charge >= 0.3 is 0 Å². The lowest BCUT2D eigenvalue weighted by molar-refractivity contribution is 0.0947. The lowest BCUT2D eigenvalue weighted by Crippen LogP contribution is -2.26. The molecular weight excluding hydrogens is 202 g/mol. The van der Waals surface area contributed by atoms with Crippen molar-refractivity contribution in [3.8, 4) is 6.07 Å². The number of nitrogens with zero attached hydrogens (tertiary/aromatic N) is 2. The summed E-state index contributed by atoms with van der Waals surface area (Å²) in [5.74, 6) is -0.143. The standard InChI is InChI=1S/C12H15N3O/c1-10-6-5-9-14-11(10)12(16)15-8-4-2-3-7-13/h5-6,9H,2-4,8H2,1H3,(H,15,16). The number of hydrogen-bond donors (Lipinski definition) is 1. The van der Waals surface area contributed by atoms with E-state index in [0.717, 1.165) is 18.4 Å². The largest absolute Gasteiger partial charge is 0.351 e. The maximum absolute atomic E-state index is 11.7. The summed E-state index contributed by atoms with van der Waals surface area (Å²) in [7, 11) is 0. The molecule has 0 radical (unpaired) electrons. The van der Waals surface area contributed by atoms with Gasteiger partial charge in [0.05, 0.1) is 6.07 Å². The van der Waals surface area contributed by atoms with Crippen LogP contribution in [0.2, 0.25) is 0 Å². The number of hydrogen-bond acceptors (Lipinski definition) is 3. The fourth-order valence-corrected chi connectivity index (χ4v) is 1.34. The molecule has 1 aromatic heterocycles. The van der Waals surface area contributed by atoms with E-state index in [9.17, 15) is 4.79 Å². The van der Waals surface area contributed by atoms with Crippen molar-refractivity contribution >= 4 is 5.91 Å². The Hall–Kier alpha value is -1.89. The summed E-state index contributed by atoms with van der Waals surface area (Å²) >= 11 is 0. The summed E-state index contributed by atoms with van der Waals surface area (Å²) in [5.41, 5.74) is 1.35. The first-order valence-corrected chi connectivity index (χ1v) is 5.32. The van der Waals surface area contributed by atoms with Crippen LogP contribution in [0.4, 0.5) is 0 Å². The second kappa shape index (κ2) is 6.57. The molecular formula is C12H15N3O. The van der Waals surface area contributed by atoms with Crippen LogP contribution in [0.25, 0.3) is 0 Å². The van der Waals surface area contributed by atoms with Crippen molar-refractivity contribution in [2.45, 2.75) is 26.2 Å². The number of aromatic nitrogens is 1. The van der Waals surface area contributed by atoms with Crippen LogP contribution in [0.3, 0.4) is 0 Å². The van der Waals surface area contributed by atoms with Crippen molar-refractivity contribution in [3.05, 3.63) is 29.6 Å². The molecule has 0 fully saturated rings. The predicted octanol–water partition coefficient (Wildman–Crippen LogP) is 1.81. The van der Waals surface area contributed by atoms with Gasteiger partial charge in [-0.3, -0.25) is 9.78 Å². The minimum Gasteiger partial charge on any atom is -0.351 e. The molecule has 1 N–H and O–H groups in total. The van der Waals surface area contributed by atoms with Crippen molar-refractivity contribution in [1.82, 2.24) is 10.3 Å². The number of amides is 1. The predicted molar refractivity (Wildman–Crippen MR) is 60.8 cm³/mol. The summed E-state index contributed by atoms with van der Waals surface area (Å²) in [4.78, 5) is 15.7. The number of pyridine rings is 1. The van der Waals surface area contributed by atoms with Gasteiger partial charge in [0, 0.05) is 19.2 Å². The Labute approximate surface area is 95.3 Å². The zero-order chi connectivity index (χ0) is 11.8. The molecule has 1 rings (SSSR count). The van der Waals surface area contributed by atoms with Gasteiger partial charge in [0.2, 0.25) is 0 Å². The molecule has 0 aromatic carbocycles. The third kappa shape index (κ3) is 3.70. The van der Waals surface area contributed by atoms with Gasteiger partial charge in [0.1, 0.15) is 5.69 Å². The maximum Gasteiger partial charge on any atom is 0.270 e. The van der Waals surface area contributed by atoms with Gasteiger partial charge in [-0.05, 0) is 31.4 Å². The van der Waals surface area contributed by atoms with E-state index in [0.29, 0.717) is 18.7 Å². The topological polar surface area (TPSA) is 65.8 Å². The van der Waals surface area contributed by atoms with Gasteiger partial charge in [-0.2, -0.15) is 5.26 Å². The number of rotatable bonds is 5. The second-order valence-electron chi connectivity index (χ2n) is 3.54. The summed E-state index contributed by atoms with van der Waals surface area (Å²) in [5, 5.41) is 11.1. The Morgan fingerprint density at radius 1 is 1.56 bits per heavy atom. The molecule has 0 unspecified atom stereocenters. The number of carbonyl (C=O) groups excluding carboxylic acids is 1. The third-order valence-electron chi connectivity index (χ3n) is 2.23. The summed E-state index contributed by atoms with van der Waals surface area (Å²) < 4.78 is 0. The van der Waals surface area contributed by atoms with E-state index in [4.69, 9.17) is 5.26 Å². The lowest BCUT2D eigenvalue weighted by atomic mass is 10.2. The number of nitriles is 1. The van der Waals surface area contributed by atoms with Crippen LogP contribution in [0, 0.1) is 18.3 Å². The van der Waals surface area contributed by atoms with Gasteiger partial charge in [0.15, 0.2) is 0 Å². The number of unbranched alkanes of at least 4 members (excludes halogenated alkanes) is 2. The smallest absolute Gasteiger partial charge is 0.270 e. The van der Waals surface area contributed by atoms with Crippen molar-refractivity contribution in [3.63, 3.8) is 0 Å². The average Bonchev–Trinajstić information content (AvgIpc) is 2.29. The Balaban J connectivity index is 2.36. The summed E-state index contributed by atoms with van der Waals surface area (Å²) in [6.07, 6.45) is 3.79. The minimum absolute atomic E-state index is 0.143. The summed E-state index contributed by atoms with van der Waals surface area (Å²) in [6, 6.07) is 5.73. The first-order chi connectivity index (χ1) is 7.75. The van der Waals surface area contributed by atoms with E-state index in [1.807, 2.05) is 13.0 Å². The molecule has 4 heteroatoms. The van der Waals surface area contributed by atoms with Crippen LogP contribution in [-0.4, -0.2) is 17.4 Å². The molecule has 0 bridgehead atoms. The first-order valence-electron chi connectivity index (χ1n) is 5.32. The quantitative estimate of drug-likeness (QED) is 0.765. The highest BCUT2D eigenvalue weighted by atomic mass is 16.1. The summed E-state index contributed by atoms with van der Waals surface area (Å²) in [6.45, 7) is 2.45. The zero-order valence-corrected chi connectivity index (χ0v) is 9.36. The molecule has 0 saturated heterocycles. The van der Waals surface area contributed by atoms with Crippen molar-refractivity contribution in [1.29, 1.82) is 5.26 Å². The normalized spacial score (nSPS) is 9.50. The maximum atomic E-state index is 11.7. The molecule has 0 aliphatic carbocycles. The Bertz CT molecular complexity index is 395. The van der Waals surface area contributed by atoms with Crippen LogP contribution in [0.15, 0.2) is 18.3 Å². The van der Waals surface area contributed by atoms with Gasteiger partial charge in [-0.1, -0.05) is 6.07 Å². The third-order valence-corrected chi connectivity index (χ3v) is 2.23. The van der Waals surface area contributed by atoms with E-state index < -0.39 is 0 Å². The molecule has 0 aliphatic rings. The van der Waals surface area contributed by atoms with Crippen LogP contribution < -0.4 is 5.32 Å². The Morgan fingerprint density at radius 3 is 3.06 bits per heavy atom. The van der Waals surface area contributed by atoms with Crippen molar-refractivity contribution in [2.75, 3.05) is 6.54 Å². The zero-order valence-electron chi connectivity index (χ0n) is 9.36. The molecule has 0 spiro atoms. The van der Waals surface area contributed by atoms with E-state index in [1.54, 1.807) is 12.3 Å². The molecule has 4 nitrogen and oxygen atoms in total.